The zero-order valence-corrected chi connectivity index (χ0v) is 14.3. The average molecular weight is 323 g/mol. The lowest BCUT2D eigenvalue weighted by atomic mass is 10.1. The van der Waals surface area contributed by atoms with Crippen molar-refractivity contribution in [1.29, 1.82) is 0 Å². The van der Waals surface area contributed by atoms with Gasteiger partial charge in [-0.3, -0.25) is 4.99 Å². The van der Waals surface area contributed by atoms with Gasteiger partial charge in [-0.25, -0.2) is 0 Å². The van der Waals surface area contributed by atoms with Gasteiger partial charge in [-0.15, -0.1) is 0 Å². The molecule has 3 rings (SSSR count). The Labute approximate surface area is 143 Å². The summed E-state index contributed by atoms with van der Waals surface area (Å²) in [5.74, 6) is 2.56. The predicted molar refractivity (Wildman–Crippen MR) is 99.6 cm³/mol. The third kappa shape index (κ3) is 4.51. The molecule has 3 N–H and O–H groups in total. The molecular formula is C20H25N3O. The van der Waals surface area contributed by atoms with Crippen molar-refractivity contribution < 1.29 is 4.74 Å². The molecule has 0 bridgehead atoms. The lowest BCUT2D eigenvalue weighted by Crippen LogP contribution is -2.23. The van der Waals surface area contributed by atoms with Crippen molar-refractivity contribution in [3.8, 4) is 5.75 Å². The minimum atomic E-state index is 0.173. The molecular weight excluding hydrogens is 298 g/mol. The molecule has 4 nitrogen and oxygen atoms in total. The summed E-state index contributed by atoms with van der Waals surface area (Å²) in [4.78, 5) is 4.48. The van der Waals surface area contributed by atoms with Crippen LogP contribution >= 0.6 is 0 Å². The normalized spacial score (nSPS) is 20.0. The summed E-state index contributed by atoms with van der Waals surface area (Å²) in [6.07, 6.45) is 1.37. The van der Waals surface area contributed by atoms with Gasteiger partial charge in [0.1, 0.15) is 5.75 Å². The number of nitrogens with one attached hydrogen (secondary N) is 1. The molecule has 0 amide bonds. The third-order valence-electron chi connectivity index (χ3n) is 4.14. The van der Waals surface area contributed by atoms with Crippen LogP contribution in [0.4, 0.5) is 5.69 Å². The van der Waals surface area contributed by atoms with E-state index >= 15 is 0 Å². The molecule has 1 fully saturated rings. The Morgan fingerprint density at radius 1 is 1.17 bits per heavy atom. The van der Waals surface area contributed by atoms with Gasteiger partial charge >= 0.3 is 0 Å². The van der Waals surface area contributed by atoms with Crippen molar-refractivity contribution in [3.63, 3.8) is 0 Å². The van der Waals surface area contributed by atoms with E-state index in [-0.39, 0.29) is 6.10 Å². The second kappa shape index (κ2) is 7.39. The smallest absolute Gasteiger partial charge is 0.193 e. The number of ether oxygens (including phenoxy) is 1. The third-order valence-corrected chi connectivity index (χ3v) is 4.14. The number of anilines is 1. The van der Waals surface area contributed by atoms with E-state index in [0.29, 0.717) is 17.8 Å². The SMILES string of the molecule is CC(C)Oc1ccc(NC(N)=NCC2CC2c2ccccc2)cc1. The molecule has 1 aliphatic rings. The first-order valence-corrected chi connectivity index (χ1v) is 8.50. The van der Waals surface area contributed by atoms with Gasteiger partial charge in [0, 0.05) is 12.2 Å². The Bertz CT molecular complexity index is 680. The zero-order chi connectivity index (χ0) is 16.9. The van der Waals surface area contributed by atoms with Crippen LogP contribution in [0.3, 0.4) is 0 Å². The Balaban J connectivity index is 1.48. The molecule has 0 radical (unpaired) electrons. The monoisotopic (exact) mass is 323 g/mol. The number of nitrogens with two attached hydrogens (primary N) is 1. The fourth-order valence-corrected chi connectivity index (χ4v) is 2.85. The number of guanidine groups is 1. The van der Waals surface area contributed by atoms with Gasteiger partial charge in [0.05, 0.1) is 6.10 Å². The molecule has 24 heavy (non-hydrogen) atoms. The van der Waals surface area contributed by atoms with Crippen LogP contribution in [-0.4, -0.2) is 18.6 Å². The lowest BCUT2D eigenvalue weighted by molar-refractivity contribution is 0.242. The van der Waals surface area contributed by atoms with Crippen LogP contribution < -0.4 is 15.8 Å². The van der Waals surface area contributed by atoms with E-state index in [1.54, 1.807) is 0 Å². The van der Waals surface area contributed by atoms with E-state index in [9.17, 15) is 0 Å². The Kier molecular flexibility index (Phi) is 5.04. The number of aliphatic imine (C=N–C) groups is 1. The number of benzene rings is 2. The number of nitrogens with zero attached hydrogens (tertiary/aromatic N) is 1. The van der Waals surface area contributed by atoms with Gasteiger partial charge in [0.2, 0.25) is 0 Å². The van der Waals surface area contributed by atoms with E-state index < -0.39 is 0 Å². The van der Waals surface area contributed by atoms with Gasteiger partial charge in [0.25, 0.3) is 0 Å². The summed E-state index contributed by atoms with van der Waals surface area (Å²) in [5.41, 5.74) is 8.32. The molecule has 0 aromatic heterocycles. The van der Waals surface area contributed by atoms with Crippen LogP contribution in [0.15, 0.2) is 59.6 Å². The molecule has 4 heteroatoms. The number of hydrogen-bond acceptors (Lipinski definition) is 2. The predicted octanol–water partition coefficient (Wildman–Crippen LogP) is 4.00. The maximum Gasteiger partial charge on any atom is 0.193 e. The molecule has 0 aliphatic heterocycles. The van der Waals surface area contributed by atoms with E-state index in [0.717, 1.165) is 18.0 Å². The van der Waals surface area contributed by atoms with Crippen LogP contribution in [0.2, 0.25) is 0 Å². The second-order valence-corrected chi connectivity index (χ2v) is 6.55. The van der Waals surface area contributed by atoms with Crippen LogP contribution in [0.1, 0.15) is 31.7 Å². The topological polar surface area (TPSA) is 59.6 Å². The molecule has 0 saturated heterocycles. The van der Waals surface area contributed by atoms with Gasteiger partial charge in [-0.1, -0.05) is 30.3 Å². The van der Waals surface area contributed by atoms with E-state index in [1.165, 1.54) is 12.0 Å². The quantitative estimate of drug-likeness (QED) is 0.624. The molecule has 1 aliphatic carbocycles. The van der Waals surface area contributed by atoms with Gasteiger partial charge in [-0.2, -0.15) is 0 Å². The number of hydrogen-bond donors (Lipinski definition) is 2. The minimum Gasteiger partial charge on any atom is -0.491 e. The Hall–Kier alpha value is -2.49. The second-order valence-electron chi connectivity index (χ2n) is 6.55. The molecule has 0 heterocycles. The fourth-order valence-electron chi connectivity index (χ4n) is 2.85. The molecule has 2 unspecified atom stereocenters. The number of rotatable bonds is 6. The van der Waals surface area contributed by atoms with Crippen molar-refractivity contribution in [2.75, 3.05) is 11.9 Å². The summed E-state index contributed by atoms with van der Waals surface area (Å²) in [6, 6.07) is 18.4. The van der Waals surface area contributed by atoms with E-state index in [4.69, 9.17) is 10.5 Å². The average Bonchev–Trinajstić information content (AvgIpc) is 3.35. The Morgan fingerprint density at radius 2 is 1.88 bits per heavy atom. The highest BCUT2D eigenvalue weighted by molar-refractivity contribution is 5.92. The van der Waals surface area contributed by atoms with Crippen LogP contribution in [0, 0.1) is 5.92 Å². The van der Waals surface area contributed by atoms with Gasteiger partial charge in [0.15, 0.2) is 5.96 Å². The summed E-state index contributed by atoms with van der Waals surface area (Å²) in [5, 5.41) is 3.13. The molecule has 1 saturated carbocycles. The largest absolute Gasteiger partial charge is 0.491 e. The first-order chi connectivity index (χ1) is 11.6. The minimum absolute atomic E-state index is 0.173. The lowest BCUT2D eigenvalue weighted by Gasteiger charge is -2.11. The van der Waals surface area contributed by atoms with Crippen molar-refractivity contribution in [2.45, 2.75) is 32.3 Å². The summed E-state index contributed by atoms with van der Waals surface area (Å²) >= 11 is 0. The van der Waals surface area contributed by atoms with Crippen LogP contribution in [0.25, 0.3) is 0 Å². The summed E-state index contributed by atoms with van der Waals surface area (Å²) in [7, 11) is 0. The van der Waals surface area contributed by atoms with Gasteiger partial charge < -0.3 is 15.8 Å². The van der Waals surface area contributed by atoms with Gasteiger partial charge in [-0.05, 0) is 61.9 Å². The maximum absolute atomic E-state index is 5.99. The van der Waals surface area contributed by atoms with E-state index in [1.807, 2.05) is 38.1 Å². The first kappa shape index (κ1) is 16.4. The first-order valence-electron chi connectivity index (χ1n) is 8.50. The van der Waals surface area contributed by atoms with Crippen molar-refractivity contribution in [1.82, 2.24) is 0 Å². The molecule has 0 spiro atoms. The standard InChI is InChI=1S/C20H25N3O/c1-14(2)24-18-10-8-17(9-11-18)23-20(21)22-13-16-12-19(16)15-6-4-3-5-7-15/h3-11,14,16,19H,12-13H2,1-2H3,(H3,21,22,23). The molecule has 2 aromatic rings. The highest BCUT2D eigenvalue weighted by atomic mass is 16.5. The fraction of sp³-hybridized carbons (Fsp3) is 0.350. The van der Waals surface area contributed by atoms with Crippen LogP contribution in [0.5, 0.6) is 5.75 Å². The maximum atomic E-state index is 5.99. The van der Waals surface area contributed by atoms with E-state index in [2.05, 4.69) is 40.6 Å². The van der Waals surface area contributed by atoms with Crippen molar-refractivity contribution >= 4 is 11.6 Å². The van der Waals surface area contributed by atoms with Crippen LogP contribution in [-0.2, 0) is 0 Å². The highest BCUT2D eigenvalue weighted by Crippen LogP contribution is 2.47. The Morgan fingerprint density at radius 3 is 2.54 bits per heavy atom. The molecule has 2 atom stereocenters. The van der Waals surface area contributed by atoms with Crippen molar-refractivity contribution in [3.05, 3.63) is 60.2 Å². The zero-order valence-electron chi connectivity index (χ0n) is 14.3. The van der Waals surface area contributed by atoms with Crippen molar-refractivity contribution in [2.24, 2.45) is 16.6 Å². The molecule has 126 valence electrons. The molecule has 2 aromatic carbocycles. The summed E-state index contributed by atoms with van der Waals surface area (Å²) in [6.45, 7) is 4.79. The highest BCUT2D eigenvalue weighted by Gasteiger charge is 2.37. The summed E-state index contributed by atoms with van der Waals surface area (Å²) < 4.78 is 5.63.